The Kier molecular flexibility index (Phi) is 1.51. The molecule has 0 fully saturated rings. The lowest BCUT2D eigenvalue weighted by atomic mass is 10.3. The van der Waals surface area contributed by atoms with Crippen molar-refractivity contribution in [1.29, 1.82) is 0 Å². The van der Waals surface area contributed by atoms with E-state index >= 15 is 0 Å². The van der Waals surface area contributed by atoms with Gasteiger partial charge < -0.3 is 0 Å². The number of hydroxylamine groups is 1. The molecule has 0 aromatic rings. The average Bonchev–Trinajstić information content (AvgIpc) is 2.14. The van der Waals surface area contributed by atoms with Gasteiger partial charge in [0.2, 0.25) is 5.71 Å². The van der Waals surface area contributed by atoms with E-state index in [1.54, 1.807) is 0 Å². The summed E-state index contributed by atoms with van der Waals surface area (Å²) in [5, 5.41) is 0. The molecule has 46 valence electrons. The summed E-state index contributed by atoms with van der Waals surface area (Å²) in [5.74, 6) is 0. The first-order chi connectivity index (χ1) is 3.84. The van der Waals surface area contributed by atoms with Crippen molar-refractivity contribution in [3.63, 3.8) is 0 Å². The van der Waals surface area contributed by atoms with E-state index in [0.717, 1.165) is 19.6 Å². The first kappa shape index (κ1) is 5.60. The highest BCUT2D eigenvalue weighted by molar-refractivity contribution is 5.77. The number of nitrogens with zero attached hydrogens (tertiary/aromatic N) is 1. The van der Waals surface area contributed by atoms with Gasteiger partial charge in [-0.05, 0) is 11.7 Å². The van der Waals surface area contributed by atoms with Crippen LogP contribution in [0.4, 0.5) is 0 Å². The molecule has 8 heavy (non-hydrogen) atoms. The molecule has 1 aliphatic rings. The van der Waals surface area contributed by atoms with Crippen molar-refractivity contribution in [3.05, 3.63) is 0 Å². The maximum atomic E-state index is 5.21. The lowest BCUT2D eigenvalue weighted by Gasteiger charge is -1.89. The Labute approximate surface area is 49.7 Å². The highest BCUT2D eigenvalue weighted by Gasteiger charge is 2.17. The summed E-state index contributed by atoms with van der Waals surface area (Å²) in [6.07, 6.45) is 1.10. The van der Waals surface area contributed by atoms with Crippen LogP contribution < -0.4 is 0 Å². The molecule has 2 nitrogen and oxygen atoms in total. The van der Waals surface area contributed by atoms with Gasteiger partial charge >= 0.3 is 0 Å². The fraction of sp³-hybridized carbons (Fsp3) is 0.833. The fourth-order valence-corrected chi connectivity index (χ4v) is 0.900. The van der Waals surface area contributed by atoms with Crippen LogP contribution in [0.3, 0.4) is 0 Å². The molecule has 0 radical (unpaired) electrons. The van der Waals surface area contributed by atoms with E-state index in [-0.39, 0.29) is 0 Å². The minimum Gasteiger partial charge on any atom is -0.277 e. The summed E-state index contributed by atoms with van der Waals surface area (Å²) in [6, 6.07) is 0. The molecule has 0 amide bonds. The second-order valence-corrected chi connectivity index (χ2v) is 2.01. The third kappa shape index (κ3) is 0.831. The maximum Gasteiger partial charge on any atom is 0.205 e. The SMILES string of the molecule is CC[N+]1=C(C)CCO1. The molecule has 0 aromatic carbocycles. The summed E-state index contributed by atoms with van der Waals surface area (Å²) in [7, 11) is 0. The monoisotopic (exact) mass is 114 g/mol. The molecule has 1 aliphatic heterocycles. The lowest BCUT2D eigenvalue weighted by molar-refractivity contribution is -0.775. The average molecular weight is 114 g/mol. The quantitative estimate of drug-likeness (QED) is 0.459. The summed E-state index contributed by atoms with van der Waals surface area (Å²) in [4.78, 5) is 5.21. The second-order valence-electron chi connectivity index (χ2n) is 2.01. The van der Waals surface area contributed by atoms with Gasteiger partial charge in [-0.1, -0.05) is 0 Å². The molecule has 0 saturated heterocycles. The van der Waals surface area contributed by atoms with Crippen LogP contribution in [0, 0.1) is 0 Å². The summed E-state index contributed by atoms with van der Waals surface area (Å²) >= 11 is 0. The summed E-state index contributed by atoms with van der Waals surface area (Å²) in [5.41, 5.74) is 1.35. The van der Waals surface area contributed by atoms with E-state index in [9.17, 15) is 0 Å². The van der Waals surface area contributed by atoms with E-state index in [0.29, 0.717) is 0 Å². The van der Waals surface area contributed by atoms with E-state index in [1.807, 2.05) is 4.74 Å². The predicted octanol–water partition coefficient (Wildman–Crippen LogP) is 0.815. The van der Waals surface area contributed by atoms with Crippen molar-refractivity contribution in [2.75, 3.05) is 13.2 Å². The molecule has 0 unspecified atom stereocenters. The Hall–Kier alpha value is -0.530. The second kappa shape index (κ2) is 2.16. The molecule has 0 aliphatic carbocycles. The molecule has 1 rings (SSSR count). The first-order valence-corrected chi connectivity index (χ1v) is 3.07. The Morgan fingerprint density at radius 3 is 2.75 bits per heavy atom. The third-order valence-corrected chi connectivity index (χ3v) is 1.42. The molecule has 0 saturated carbocycles. The minimum absolute atomic E-state index is 0.875. The zero-order valence-electron chi connectivity index (χ0n) is 5.48. The molecule has 2 heteroatoms. The summed E-state index contributed by atoms with van der Waals surface area (Å²) in [6.45, 7) is 6.05. The molecule has 0 spiro atoms. The highest BCUT2D eigenvalue weighted by Crippen LogP contribution is 1.98. The normalized spacial score (nSPS) is 19.2. The fourth-order valence-electron chi connectivity index (χ4n) is 0.900. The molecule has 0 atom stereocenters. The van der Waals surface area contributed by atoms with E-state index in [4.69, 9.17) is 4.84 Å². The van der Waals surface area contributed by atoms with Gasteiger partial charge in [-0.3, -0.25) is 4.84 Å². The topological polar surface area (TPSA) is 12.2 Å². The van der Waals surface area contributed by atoms with Crippen LogP contribution in [0.5, 0.6) is 0 Å². The number of hydrogen-bond acceptors (Lipinski definition) is 1. The van der Waals surface area contributed by atoms with Gasteiger partial charge in [-0.2, -0.15) is 0 Å². The molecule has 0 N–H and O–H groups in total. The van der Waals surface area contributed by atoms with Gasteiger partial charge in [-0.25, -0.2) is 0 Å². The first-order valence-electron chi connectivity index (χ1n) is 3.07. The molecule has 1 heterocycles. The Bertz CT molecular complexity index is 118. The van der Waals surface area contributed by atoms with Crippen LogP contribution in [0.25, 0.3) is 0 Å². The van der Waals surface area contributed by atoms with Crippen molar-refractivity contribution >= 4 is 5.71 Å². The predicted molar refractivity (Wildman–Crippen MR) is 32.1 cm³/mol. The largest absolute Gasteiger partial charge is 0.277 e. The Morgan fingerprint density at radius 1 is 1.75 bits per heavy atom. The molecule has 0 bridgehead atoms. The molecular formula is C6H12NO+. The smallest absolute Gasteiger partial charge is 0.205 e. The molecule has 0 aromatic heterocycles. The maximum absolute atomic E-state index is 5.21. The third-order valence-electron chi connectivity index (χ3n) is 1.42. The number of rotatable bonds is 1. The van der Waals surface area contributed by atoms with Crippen LogP contribution >= 0.6 is 0 Å². The van der Waals surface area contributed by atoms with E-state index in [1.165, 1.54) is 5.71 Å². The van der Waals surface area contributed by atoms with Gasteiger partial charge in [0.1, 0.15) is 0 Å². The van der Waals surface area contributed by atoms with Gasteiger partial charge in [0.05, 0.1) is 6.42 Å². The molecular weight excluding hydrogens is 102 g/mol. The van der Waals surface area contributed by atoms with Crippen molar-refractivity contribution in [3.8, 4) is 0 Å². The van der Waals surface area contributed by atoms with Gasteiger partial charge in [0.15, 0.2) is 13.2 Å². The van der Waals surface area contributed by atoms with Gasteiger partial charge in [0.25, 0.3) is 0 Å². The Morgan fingerprint density at radius 2 is 2.50 bits per heavy atom. The van der Waals surface area contributed by atoms with Crippen molar-refractivity contribution < 1.29 is 9.58 Å². The van der Waals surface area contributed by atoms with Crippen molar-refractivity contribution in [2.45, 2.75) is 20.3 Å². The standard InChI is InChI=1S/C6H12NO/c1-3-7-6(2)4-5-8-7/h3-5H2,1-2H3/q+1. The van der Waals surface area contributed by atoms with Gasteiger partial charge in [0, 0.05) is 6.92 Å². The number of hydrogen-bond donors (Lipinski definition) is 0. The van der Waals surface area contributed by atoms with Crippen LogP contribution in [0.15, 0.2) is 0 Å². The van der Waals surface area contributed by atoms with Gasteiger partial charge in [-0.15, -0.1) is 0 Å². The van der Waals surface area contributed by atoms with E-state index in [2.05, 4.69) is 13.8 Å². The van der Waals surface area contributed by atoms with Crippen LogP contribution in [-0.4, -0.2) is 23.6 Å². The van der Waals surface area contributed by atoms with Crippen molar-refractivity contribution in [2.24, 2.45) is 0 Å². The van der Waals surface area contributed by atoms with E-state index < -0.39 is 0 Å². The van der Waals surface area contributed by atoms with Crippen LogP contribution in [0.2, 0.25) is 0 Å². The minimum atomic E-state index is 0.875. The van der Waals surface area contributed by atoms with Crippen molar-refractivity contribution in [1.82, 2.24) is 0 Å². The Balaban J connectivity index is 2.58. The lowest BCUT2D eigenvalue weighted by Crippen LogP contribution is -2.10. The highest BCUT2D eigenvalue weighted by atomic mass is 16.7. The zero-order valence-corrected chi connectivity index (χ0v) is 5.48. The summed E-state index contributed by atoms with van der Waals surface area (Å²) < 4.78 is 1.94. The zero-order chi connectivity index (χ0) is 5.98. The van der Waals surface area contributed by atoms with Crippen LogP contribution in [-0.2, 0) is 4.84 Å². The van der Waals surface area contributed by atoms with Crippen LogP contribution in [0.1, 0.15) is 20.3 Å².